The maximum Gasteiger partial charge on any atom is 0.214 e. The molecule has 0 saturated carbocycles. The summed E-state index contributed by atoms with van der Waals surface area (Å²) in [7, 11) is -3.35. The number of nitrogens with zero attached hydrogens (tertiary/aromatic N) is 1. The predicted molar refractivity (Wildman–Crippen MR) is 51.2 cm³/mol. The summed E-state index contributed by atoms with van der Waals surface area (Å²) < 4.78 is 36.4. The van der Waals surface area contributed by atoms with E-state index in [0.29, 0.717) is 13.0 Å². The Kier molecular flexibility index (Phi) is 4.28. The summed E-state index contributed by atoms with van der Waals surface area (Å²) in [5, 5.41) is 8.95. The van der Waals surface area contributed by atoms with E-state index in [9.17, 15) is 12.8 Å². The van der Waals surface area contributed by atoms with Crippen molar-refractivity contribution in [3.05, 3.63) is 0 Å². The summed E-state index contributed by atoms with van der Waals surface area (Å²) in [6.07, 6.45) is 1.52. The van der Waals surface area contributed by atoms with Crippen LogP contribution < -0.4 is 0 Å². The first kappa shape index (κ1) is 11.9. The molecule has 0 unspecified atom stereocenters. The van der Waals surface area contributed by atoms with Gasteiger partial charge in [-0.05, 0) is 19.3 Å². The number of rotatable bonds is 5. The Morgan fingerprint density at radius 3 is 2.79 bits per heavy atom. The zero-order valence-electron chi connectivity index (χ0n) is 8.02. The van der Waals surface area contributed by atoms with Crippen molar-refractivity contribution in [1.29, 1.82) is 0 Å². The maximum atomic E-state index is 11.9. The molecule has 1 fully saturated rings. The molecule has 0 aromatic carbocycles. The number of aliphatic hydroxyl groups is 1. The van der Waals surface area contributed by atoms with Crippen LogP contribution in [0.25, 0.3) is 0 Å². The lowest BCUT2D eigenvalue weighted by molar-refractivity contribution is 0.213. The molecule has 1 rings (SSSR count). The van der Waals surface area contributed by atoms with Gasteiger partial charge in [0.1, 0.15) is 0 Å². The fourth-order valence-electron chi connectivity index (χ4n) is 1.71. The molecule has 1 aliphatic heterocycles. The van der Waals surface area contributed by atoms with Gasteiger partial charge in [0.15, 0.2) is 0 Å². The van der Waals surface area contributed by atoms with E-state index in [0.717, 1.165) is 6.42 Å². The quantitative estimate of drug-likeness (QED) is 0.723. The molecule has 0 aromatic rings. The second-order valence-corrected chi connectivity index (χ2v) is 5.49. The van der Waals surface area contributed by atoms with Gasteiger partial charge in [-0.15, -0.1) is 0 Å². The first-order valence-electron chi connectivity index (χ1n) is 4.78. The lowest BCUT2D eigenvalue weighted by atomic mass is 10.2. The monoisotopic (exact) mass is 225 g/mol. The first-order chi connectivity index (χ1) is 6.61. The highest BCUT2D eigenvalue weighted by Crippen LogP contribution is 2.21. The molecule has 4 nitrogen and oxygen atoms in total. The Morgan fingerprint density at radius 1 is 1.50 bits per heavy atom. The number of halogens is 1. The standard InChI is InChI=1S/C8H16FNO3S/c9-4-2-6-14(12,13)10-5-1-3-8(10)7-11/h8,11H,1-7H2/t8-/m0/s1. The van der Waals surface area contributed by atoms with Gasteiger partial charge in [-0.2, -0.15) is 4.31 Å². The fraction of sp³-hybridized carbons (Fsp3) is 1.00. The molecule has 0 aliphatic carbocycles. The van der Waals surface area contributed by atoms with Gasteiger partial charge in [0, 0.05) is 12.6 Å². The second kappa shape index (κ2) is 5.04. The van der Waals surface area contributed by atoms with E-state index in [2.05, 4.69) is 0 Å². The van der Waals surface area contributed by atoms with Crippen molar-refractivity contribution >= 4 is 10.0 Å². The third-order valence-electron chi connectivity index (χ3n) is 2.43. The second-order valence-electron chi connectivity index (χ2n) is 3.45. The van der Waals surface area contributed by atoms with Gasteiger partial charge in [-0.25, -0.2) is 8.42 Å². The topological polar surface area (TPSA) is 57.6 Å². The maximum absolute atomic E-state index is 11.9. The van der Waals surface area contributed by atoms with Crippen molar-refractivity contribution in [2.75, 3.05) is 25.6 Å². The average Bonchev–Trinajstić information content (AvgIpc) is 2.63. The summed E-state index contributed by atoms with van der Waals surface area (Å²) in [6.45, 7) is -0.300. The molecule has 0 amide bonds. The van der Waals surface area contributed by atoms with Crippen molar-refractivity contribution in [2.24, 2.45) is 0 Å². The Bertz CT molecular complexity index is 268. The van der Waals surface area contributed by atoms with Crippen LogP contribution in [0.4, 0.5) is 4.39 Å². The molecule has 0 spiro atoms. The van der Waals surface area contributed by atoms with E-state index in [1.807, 2.05) is 0 Å². The van der Waals surface area contributed by atoms with Crippen molar-refractivity contribution in [1.82, 2.24) is 4.31 Å². The smallest absolute Gasteiger partial charge is 0.214 e. The van der Waals surface area contributed by atoms with E-state index in [1.165, 1.54) is 4.31 Å². The van der Waals surface area contributed by atoms with Crippen LogP contribution in [0.1, 0.15) is 19.3 Å². The molecule has 1 atom stereocenters. The van der Waals surface area contributed by atoms with Gasteiger partial charge in [-0.3, -0.25) is 4.39 Å². The lowest BCUT2D eigenvalue weighted by Gasteiger charge is -2.21. The highest BCUT2D eigenvalue weighted by Gasteiger charge is 2.32. The molecular weight excluding hydrogens is 209 g/mol. The molecule has 1 N–H and O–H groups in total. The normalized spacial score (nSPS) is 24.3. The minimum atomic E-state index is -3.35. The number of aliphatic hydroxyl groups excluding tert-OH is 1. The summed E-state index contributed by atoms with van der Waals surface area (Å²) in [5.74, 6) is -0.153. The molecule has 0 aromatic heterocycles. The molecule has 84 valence electrons. The minimum absolute atomic E-state index is 0.0387. The highest BCUT2D eigenvalue weighted by atomic mass is 32.2. The molecule has 6 heteroatoms. The van der Waals surface area contributed by atoms with Crippen LogP contribution in [0.3, 0.4) is 0 Å². The van der Waals surface area contributed by atoms with Crippen molar-refractivity contribution < 1.29 is 17.9 Å². The van der Waals surface area contributed by atoms with E-state index in [-0.39, 0.29) is 24.8 Å². The largest absolute Gasteiger partial charge is 0.395 e. The van der Waals surface area contributed by atoms with Crippen molar-refractivity contribution in [2.45, 2.75) is 25.3 Å². The van der Waals surface area contributed by atoms with Crippen LogP contribution in [0, 0.1) is 0 Å². The Balaban J connectivity index is 2.61. The number of hydrogen-bond donors (Lipinski definition) is 1. The van der Waals surface area contributed by atoms with Crippen LogP contribution in [0.5, 0.6) is 0 Å². The zero-order chi connectivity index (χ0) is 10.6. The van der Waals surface area contributed by atoms with Gasteiger partial charge in [0.25, 0.3) is 0 Å². The predicted octanol–water partition coefficient (Wildman–Crippen LogP) is 0.133. The first-order valence-corrected chi connectivity index (χ1v) is 6.39. The SMILES string of the molecule is O=S(=O)(CCCF)N1CCC[C@H]1CO. The molecule has 1 heterocycles. The van der Waals surface area contributed by atoms with Crippen LogP contribution in [0.15, 0.2) is 0 Å². The van der Waals surface area contributed by atoms with E-state index >= 15 is 0 Å². The van der Waals surface area contributed by atoms with Crippen molar-refractivity contribution in [3.63, 3.8) is 0 Å². The molecule has 0 bridgehead atoms. The Labute approximate surface area is 83.8 Å². The molecule has 14 heavy (non-hydrogen) atoms. The van der Waals surface area contributed by atoms with Gasteiger partial charge in [0.05, 0.1) is 19.0 Å². The summed E-state index contributed by atoms with van der Waals surface area (Å²) in [5.41, 5.74) is 0. The Morgan fingerprint density at radius 2 is 2.21 bits per heavy atom. The molecule has 0 radical (unpaired) electrons. The average molecular weight is 225 g/mol. The number of hydrogen-bond acceptors (Lipinski definition) is 3. The zero-order valence-corrected chi connectivity index (χ0v) is 8.84. The highest BCUT2D eigenvalue weighted by molar-refractivity contribution is 7.89. The van der Waals surface area contributed by atoms with Crippen LogP contribution in [0.2, 0.25) is 0 Å². The van der Waals surface area contributed by atoms with Crippen LogP contribution in [-0.2, 0) is 10.0 Å². The van der Waals surface area contributed by atoms with E-state index in [1.54, 1.807) is 0 Å². The molecular formula is C8H16FNO3S. The van der Waals surface area contributed by atoms with Gasteiger partial charge < -0.3 is 5.11 Å². The number of sulfonamides is 1. The molecule has 1 aliphatic rings. The van der Waals surface area contributed by atoms with Gasteiger partial charge >= 0.3 is 0 Å². The third-order valence-corrected chi connectivity index (χ3v) is 4.43. The summed E-state index contributed by atoms with van der Waals surface area (Å²) >= 11 is 0. The van der Waals surface area contributed by atoms with Gasteiger partial charge in [-0.1, -0.05) is 0 Å². The molecule has 1 saturated heterocycles. The Hall–Kier alpha value is -0.200. The van der Waals surface area contributed by atoms with Crippen LogP contribution >= 0.6 is 0 Å². The summed E-state index contributed by atoms with van der Waals surface area (Å²) in [6, 6.07) is -0.292. The fourth-order valence-corrected chi connectivity index (χ4v) is 3.45. The van der Waals surface area contributed by atoms with Crippen LogP contribution in [-0.4, -0.2) is 49.5 Å². The van der Waals surface area contributed by atoms with Crippen molar-refractivity contribution in [3.8, 4) is 0 Å². The van der Waals surface area contributed by atoms with E-state index in [4.69, 9.17) is 5.11 Å². The lowest BCUT2D eigenvalue weighted by Crippen LogP contribution is -2.39. The van der Waals surface area contributed by atoms with E-state index < -0.39 is 16.7 Å². The van der Waals surface area contributed by atoms with Gasteiger partial charge in [0.2, 0.25) is 10.0 Å². The number of alkyl halides is 1. The third kappa shape index (κ3) is 2.65. The minimum Gasteiger partial charge on any atom is -0.395 e. The summed E-state index contributed by atoms with van der Waals surface area (Å²) in [4.78, 5) is 0.